The highest BCUT2D eigenvalue weighted by Crippen LogP contribution is 2.24. The van der Waals surface area contributed by atoms with Gasteiger partial charge in [-0.15, -0.1) is 0 Å². The topological polar surface area (TPSA) is 29.3 Å². The summed E-state index contributed by atoms with van der Waals surface area (Å²) in [6.07, 6.45) is 1.02. The van der Waals surface area contributed by atoms with Crippen LogP contribution in [-0.4, -0.2) is 24.5 Å². The van der Waals surface area contributed by atoms with Gasteiger partial charge in [-0.3, -0.25) is 4.90 Å². The molecule has 1 heterocycles. The van der Waals surface area contributed by atoms with E-state index in [-0.39, 0.29) is 0 Å². The molecule has 0 aliphatic carbocycles. The predicted molar refractivity (Wildman–Crippen MR) is 59.5 cm³/mol. The van der Waals surface area contributed by atoms with Crippen LogP contribution in [0.5, 0.6) is 0 Å². The zero-order valence-electron chi connectivity index (χ0n) is 8.33. The zero-order chi connectivity index (χ0) is 10.1. The Kier molecular flexibility index (Phi) is 2.77. The van der Waals surface area contributed by atoms with Crippen molar-refractivity contribution in [1.82, 2.24) is 4.90 Å². The molecule has 0 saturated carbocycles. The van der Waals surface area contributed by atoms with Gasteiger partial charge in [-0.05, 0) is 36.7 Å². The van der Waals surface area contributed by atoms with Crippen molar-refractivity contribution in [2.24, 2.45) is 5.73 Å². The number of halogens is 1. The van der Waals surface area contributed by atoms with E-state index in [0.29, 0.717) is 12.6 Å². The highest BCUT2D eigenvalue weighted by molar-refractivity contribution is 6.30. The molecule has 1 aromatic carbocycles. The largest absolute Gasteiger partial charge is 0.329 e. The minimum atomic E-state index is 0.459. The molecule has 14 heavy (non-hydrogen) atoms. The van der Waals surface area contributed by atoms with Gasteiger partial charge in [0, 0.05) is 24.2 Å². The first-order chi connectivity index (χ1) is 6.70. The number of benzene rings is 1. The summed E-state index contributed by atoms with van der Waals surface area (Å²) < 4.78 is 0. The molecule has 1 aliphatic rings. The summed E-state index contributed by atoms with van der Waals surface area (Å²) in [5.74, 6) is 0. The standard InChI is InChI=1S/C11H15ClN2/c1-14-7-8-2-3-10(12)4-9(8)5-11(14)6-13/h2-4,11H,5-7,13H2,1H3/t11-/m1/s1. The lowest BCUT2D eigenvalue weighted by Crippen LogP contribution is -2.42. The van der Waals surface area contributed by atoms with Crippen LogP contribution in [0.2, 0.25) is 5.02 Å². The highest BCUT2D eigenvalue weighted by atomic mass is 35.5. The van der Waals surface area contributed by atoms with Crippen LogP contribution in [0.1, 0.15) is 11.1 Å². The summed E-state index contributed by atoms with van der Waals surface area (Å²) in [6.45, 7) is 1.69. The Morgan fingerprint density at radius 3 is 3.00 bits per heavy atom. The molecule has 1 aliphatic heterocycles. The Morgan fingerprint density at radius 1 is 1.50 bits per heavy atom. The van der Waals surface area contributed by atoms with Crippen LogP contribution in [-0.2, 0) is 13.0 Å². The van der Waals surface area contributed by atoms with Gasteiger partial charge >= 0.3 is 0 Å². The van der Waals surface area contributed by atoms with Crippen molar-refractivity contribution in [3.63, 3.8) is 0 Å². The molecule has 1 atom stereocenters. The average molecular weight is 211 g/mol. The zero-order valence-corrected chi connectivity index (χ0v) is 9.09. The molecule has 0 bridgehead atoms. The van der Waals surface area contributed by atoms with Crippen molar-refractivity contribution < 1.29 is 0 Å². The monoisotopic (exact) mass is 210 g/mol. The molecule has 2 nitrogen and oxygen atoms in total. The van der Waals surface area contributed by atoms with Gasteiger partial charge in [-0.2, -0.15) is 0 Å². The average Bonchev–Trinajstić information content (AvgIpc) is 2.17. The lowest BCUT2D eigenvalue weighted by atomic mass is 9.94. The van der Waals surface area contributed by atoms with Crippen molar-refractivity contribution in [2.75, 3.05) is 13.6 Å². The second kappa shape index (κ2) is 3.89. The third-order valence-electron chi connectivity index (χ3n) is 2.94. The number of fused-ring (bicyclic) bond motifs is 1. The maximum atomic E-state index is 5.96. The molecule has 0 saturated heterocycles. The fraction of sp³-hybridized carbons (Fsp3) is 0.455. The van der Waals surface area contributed by atoms with Crippen LogP contribution < -0.4 is 5.73 Å². The SMILES string of the molecule is CN1Cc2ccc(Cl)cc2C[C@@H]1CN. The summed E-state index contributed by atoms with van der Waals surface area (Å²) in [4.78, 5) is 2.30. The molecular weight excluding hydrogens is 196 g/mol. The quantitative estimate of drug-likeness (QED) is 0.764. The molecule has 0 spiro atoms. The van der Waals surface area contributed by atoms with E-state index in [9.17, 15) is 0 Å². The number of nitrogens with zero attached hydrogens (tertiary/aromatic N) is 1. The first-order valence-corrected chi connectivity index (χ1v) is 5.26. The lowest BCUT2D eigenvalue weighted by Gasteiger charge is -2.33. The number of hydrogen-bond donors (Lipinski definition) is 1. The second-order valence-electron chi connectivity index (χ2n) is 3.92. The van der Waals surface area contributed by atoms with E-state index in [1.165, 1.54) is 11.1 Å². The van der Waals surface area contributed by atoms with Gasteiger partial charge < -0.3 is 5.73 Å². The van der Waals surface area contributed by atoms with Crippen molar-refractivity contribution in [3.8, 4) is 0 Å². The van der Waals surface area contributed by atoms with Crippen LogP contribution >= 0.6 is 11.6 Å². The lowest BCUT2D eigenvalue weighted by molar-refractivity contribution is 0.221. The molecular formula is C11H15ClN2. The molecule has 3 heteroatoms. The maximum absolute atomic E-state index is 5.96. The molecule has 2 rings (SSSR count). The number of rotatable bonds is 1. The Bertz CT molecular complexity index is 338. The fourth-order valence-corrected chi connectivity index (χ4v) is 2.20. The molecule has 1 aromatic rings. The smallest absolute Gasteiger partial charge is 0.0408 e. The first-order valence-electron chi connectivity index (χ1n) is 4.88. The van der Waals surface area contributed by atoms with Crippen LogP contribution in [0.25, 0.3) is 0 Å². The minimum Gasteiger partial charge on any atom is -0.329 e. The van der Waals surface area contributed by atoms with E-state index < -0.39 is 0 Å². The van der Waals surface area contributed by atoms with Crippen molar-refractivity contribution >= 4 is 11.6 Å². The summed E-state index contributed by atoms with van der Waals surface area (Å²) in [5.41, 5.74) is 8.44. The van der Waals surface area contributed by atoms with E-state index in [4.69, 9.17) is 17.3 Å². The van der Waals surface area contributed by atoms with Gasteiger partial charge in [0.15, 0.2) is 0 Å². The third-order valence-corrected chi connectivity index (χ3v) is 3.17. The number of hydrogen-bond acceptors (Lipinski definition) is 2. The summed E-state index contributed by atoms with van der Waals surface area (Å²) in [5, 5.41) is 0.823. The van der Waals surface area contributed by atoms with E-state index in [1.54, 1.807) is 0 Å². The molecule has 76 valence electrons. The Labute approximate surface area is 89.7 Å². The van der Waals surface area contributed by atoms with Crippen molar-refractivity contribution in [2.45, 2.75) is 19.0 Å². The maximum Gasteiger partial charge on any atom is 0.0408 e. The molecule has 0 unspecified atom stereocenters. The summed E-state index contributed by atoms with van der Waals surface area (Å²) in [6, 6.07) is 6.59. The summed E-state index contributed by atoms with van der Waals surface area (Å²) in [7, 11) is 2.12. The van der Waals surface area contributed by atoms with Crippen LogP contribution in [0.4, 0.5) is 0 Å². The predicted octanol–water partition coefficient (Wildman–Crippen LogP) is 1.66. The minimum absolute atomic E-state index is 0.459. The van der Waals surface area contributed by atoms with Gasteiger partial charge in [0.05, 0.1) is 0 Å². The molecule has 2 N–H and O–H groups in total. The van der Waals surface area contributed by atoms with Crippen LogP contribution in [0.15, 0.2) is 18.2 Å². The Hall–Kier alpha value is -0.570. The van der Waals surface area contributed by atoms with E-state index in [2.05, 4.69) is 24.1 Å². The molecule has 0 amide bonds. The van der Waals surface area contributed by atoms with Gasteiger partial charge in [0.25, 0.3) is 0 Å². The molecule has 0 radical (unpaired) electrons. The first kappa shape index (κ1) is 9.97. The van der Waals surface area contributed by atoms with Gasteiger partial charge in [0.1, 0.15) is 0 Å². The van der Waals surface area contributed by atoms with Gasteiger partial charge in [-0.25, -0.2) is 0 Å². The van der Waals surface area contributed by atoms with E-state index in [0.717, 1.165) is 18.0 Å². The fourth-order valence-electron chi connectivity index (χ4n) is 2.01. The Balaban J connectivity index is 2.31. The molecule has 0 fully saturated rings. The van der Waals surface area contributed by atoms with Gasteiger partial charge in [0.2, 0.25) is 0 Å². The van der Waals surface area contributed by atoms with Gasteiger partial charge in [-0.1, -0.05) is 17.7 Å². The summed E-state index contributed by atoms with van der Waals surface area (Å²) >= 11 is 5.96. The van der Waals surface area contributed by atoms with E-state index in [1.807, 2.05) is 6.07 Å². The normalized spacial score (nSPS) is 22.1. The van der Waals surface area contributed by atoms with Crippen molar-refractivity contribution in [1.29, 1.82) is 0 Å². The van der Waals surface area contributed by atoms with Crippen molar-refractivity contribution in [3.05, 3.63) is 34.3 Å². The Morgan fingerprint density at radius 2 is 2.29 bits per heavy atom. The molecule has 0 aromatic heterocycles. The highest BCUT2D eigenvalue weighted by Gasteiger charge is 2.21. The number of likely N-dealkylation sites (N-methyl/N-ethyl adjacent to an activating group) is 1. The van der Waals surface area contributed by atoms with Crippen LogP contribution in [0, 0.1) is 0 Å². The number of nitrogens with two attached hydrogens (primary N) is 1. The van der Waals surface area contributed by atoms with E-state index >= 15 is 0 Å². The second-order valence-corrected chi connectivity index (χ2v) is 4.36. The van der Waals surface area contributed by atoms with Crippen LogP contribution in [0.3, 0.4) is 0 Å². The third kappa shape index (κ3) is 1.78.